The molecule has 1 aromatic heterocycles. The lowest BCUT2D eigenvalue weighted by atomic mass is 10.2. The summed E-state index contributed by atoms with van der Waals surface area (Å²) >= 11 is 0. The summed E-state index contributed by atoms with van der Waals surface area (Å²) in [6, 6.07) is 6.37. The molecular formula is C13H17N3O3S. The van der Waals surface area contributed by atoms with Gasteiger partial charge in [0.2, 0.25) is 10.0 Å². The maximum atomic E-state index is 11.6. The van der Waals surface area contributed by atoms with Crippen LogP contribution in [0.5, 0.6) is 5.75 Å². The van der Waals surface area contributed by atoms with Crippen molar-refractivity contribution in [3.05, 3.63) is 30.5 Å². The number of benzene rings is 1. The zero-order valence-corrected chi connectivity index (χ0v) is 12.2. The van der Waals surface area contributed by atoms with Gasteiger partial charge in [-0.2, -0.15) is 0 Å². The average Bonchev–Trinajstić information content (AvgIpc) is 2.37. The minimum absolute atomic E-state index is 0.0561. The Morgan fingerprint density at radius 2 is 2.05 bits per heavy atom. The van der Waals surface area contributed by atoms with E-state index in [1.54, 1.807) is 24.4 Å². The lowest BCUT2D eigenvalue weighted by Gasteiger charge is -2.13. The molecule has 6 nitrogen and oxygen atoms in total. The number of hydrogen-bond donors (Lipinski definition) is 1. The first kappa shape index (κ1) is 14.7. The lowest BCUT2D eigenvalue weighted by molar-refractivity contribution is 0.263. The lowest BCUT2D eigenvalue weighted by Crippen LogP contribution is -2.19. The molecule has 0 bridgehead atoms. The Morgan fingerprint density at radius 3 is 2.70 bits per heavy atom. The van der Waals surface area contributed by atoms with E-state index in [0.717, 1.165) is 6.54 Å². The normalized spacial score (nSPS) is 12.0. The largest absolute Gasteiger partial charge is 0.490 e. The molecule has 1 aromatic carbocycles. The van der Waals surface area contributed by atoms with Crippen LogP contribution < -0.4 is 9.88 Å². The van der Waals surface area contributed by atoms with Crippen molar-refractivity contribution in [1.29, 1.82) is 0 Å². The number of likely N-dealkylation sites (N-methyl/N-ethyl adjacent to an activating group) is 1. The first-order chi connectivity index (χ1) is 9.39. The highest BCUT2D eigenvalue weighted by molar-refractivity contribution is 7.89. The number of nitrogens with zero attached hydrogens (tertiary/aromatic N) is 2. The third kappa shape index (κ3) is 3.24. The molecule has 0 radical (unpaired) electrons. The summed E-state index contributed by atoms with van der Waals surface area (Å²) in [5.74, 6) is 0.551. The van der Waals surface area contributed by atoms with E-state index in [-0.39, 0.29) is 4.90 Å². The van der Waals surface area contributed by atoms with Crippen LogP contribution in [0.15, 0.2) is 35.4 Å². The van der Waals surface area contributed by atoms with E-state index < -0.39 is 10.0 Å². The zero-order chi connectivity index (χ0) is 14.8. The molecule has 20 heavy (non-hydrogen) atoms. The Bertz CT molecular complexity index is 714. The number of fused-ring (bicyclic) bond motifs is 1. The van der Waals surface area contributed by atoms with Crippen LogP contribution in [0.2, 0.25) is 0 Å². The van der Waals surface area contributed by atoms with E-state index in [9.17, 15) is 8.42 Å². The second-order valence-electron chi connectivity index (χ2n) is 4.66. The van der Waals surface area contributed by atoms with Gasteiger partial charge in [0.05, 0.1) is 4.90 Å². The molecule has 0 spiro atoms. The quantitative estimate of drug-likeness (QED) is 0.882. The van der Waals surface area contributed by atoms with Crippen molar-refractivity contribution in [2.45, 2.75) is 4.90 Å². The second-order valence-corrected chi connectivity index (χ2v) is 6.19. The minimum Gasteiger partial charge on any atom is -0.490 e. The molecule has 2 N–H and O–H groups in total. The standard InChI is InChI=1S/C13H17N3O3S/c1-16(2)8-9-19-11-5-6-12(20(14,17)18)10-4-3-7-15-13(10)11/h3-7H,8-9H2,1-2H3,(H2,14,17,18). The van der Waals surface area contributed by atoms with Crippen LogP contribution in [0.25, 0.3) is 10.9 Å². The maximum absolute atomic E-state index is 11.6. The molecule has 7 heteroatoms. The summed E-state index contributed by atoms with van der Waals surface area (Å²) < 4.78 is 28.8. The van der Waals surface area contributed by atoms with Gasteiger partial charge in [-0.25, -0.2) is 13.6 Å². The number of sulfonamides is 1. The molecule has 1 heterocycles. The van der Waals surface area contributed by atoms with Crippen LogP contribution in [0.1, 0.15) is 0 Å². The molecule has 0 aliphatic heterocycles. The predicted molar refractivity (Wildman–Crippen MR) is 77.2 cm³/mol. The Kier molecular flexibility index (Phi) is 4.22. The number of ether oxygens (including phenoxy) is 1. The van der Waals surface area contributed by atoms with Crippen LogP contribution in [0, 0.1) is 0 Å². The van der Waals surface area contributed by atoms with Gasteiger partial charge in [0.1, 0.15) is 17.9 Å². The molecule has 0 amide bonds. The van der Waals surface area contributed by atoms with Crippen LogP contribution in [0.3, 0.4) is 0 Å². The van der Waals surface area contributed by atoms with Crippen LogP contribution >= 0.6 is 0 Å². The van der Waals surface area contributed by atoms with E-state index in [1.165, 1.54) is 6.07 Å². The highest BCUT2D eigenvalue weighted by atomic mass is 32.2. The molecule has 0 atom stereocenters. The van der Waals surface area contributed by atoms with E-state index >= 15 is 0 Å². The van der Waals surface area contributed by atoms with Gasteiger partial charge in [0.15, 0.2) is 0 Å². The Labute approximate surface area is 118 Å². The van der Waals surface area contributed by atoms with Crippen molar-refractivity contribution in [3.63, 3.8) is 0 Å². The number of pyridine rings is 1. The van der Waals surface area contributed by atoms with Crippen LogP contribution in [0.4, 0.5) is 0 Å². The van der Waals surface area contributed by atoms with Gasteiger partial charge in [-0.05, 0) is 38.4 Å². The van der Waals surface area contributed by atoms with Gasteiger partial charge in [-0.3, -0.25) is 4.98 Å². The first-order valence-electron chi connectivity index (χ1n) is 6.07. The fraction of sp³-hybridized carbons (Fsp3) is 0.308. The number of nitrogens with two attached hydrogens (primary N) is 1. The molecule has 108 valence electrons. The molecule has 0 aliphatic rings. The van der Waals surface area contributed by atoms with Crippen molar-refractivity contribution >= 4 is 20.9 Å². The summed E-state index contributed by atoms with van der Waals surface area (Å²) in [6.07, 6.45) is 1.59. The second kappa shape index (κ2) is 5.74. The molecule has 0 fully saturated rings. The van der Waals surface area contributed by atoms with Gasteiger partial charge in [0.25, 0.3) is 0 Å². The molecule has 0 saturated carbocycles. The van der Waals surface area contributed by atoms with Crippen LogP contribution in [-0.2, 0) is 10.0 Å². The number of rotatable bonds is 5. The highest BCUT2D eigenvalue weighted by Crippen LogP contribution is 2.28. The third-order valence-corrected chi connectivity index (χ3v) is 3.76. The SMILES string of the molecule is CN(C)CCOc1ccc(S(N)(=O)=O)c2cccnc12. The van der Waals surface area contributed by atoms with Crippen LogP contribution in [-0.4, -0.2) is 45.5 Å². The summed E-state index contributed by atoms with van der Waals surface area (Å²) in [4.78, 5) is 6.24. The van der Waals surface area contributed by atoms with E-state index in [4.69, 9.17) is 9.88 Å². The number of hydrogen-bond acceptors (Lipinski definition) is 5. The summed E-state index contributed by atoms with van der Waals surface area (Å²) in [5.41, 5.74) is 0.498. The Morgan fingerprint density at radius 1 is 1.30 bits per heavy atom. The van der Waals surface area contributed by atoms with Crippen molar-refractivity contribution in [1.82, 2.24) is 9.88 Å². The fourth-order valence-corrected chi connectivity index (χ4v) is 2.55. The minimum atomic E-state index is -3.78. The van der Waals surface area contributed by atoms with Crippen molar-refractivity contribution in [2.75, 3.05) is 27.2 Å². The van der Waals surface area contributed by atoms with Gasteiger partial charge >= 0.3 is 0 Å². The van der Waals surface area contributed by atoms with E-state index in [1.807, 2.05) is 19.0 Å². The smallest absolute Gasteiger partial charge is 0.238 e. The predicted octanol–water partition coefficient (Wildman–Crippen LogP) is 0.823. The van der Waals surface area contributed by atoms with Gasteiger partial charge in [0, 0.05) is 18.1 Å². The molecule has 2 rings (SSSR count). The number of aromatic nitrogens is 1. The molecule has 0 unspecified atom stereocenters. The van der Waals surface area contributed by atoms with Gasteiger partial charge < -0.3 is 9.64 Å². The summed E-state index contributed by atoms with van der Waals surface area (Å²) in [7, 11) is 0.113. The first-order valence-corrected chi connectivity index (χ1v) is 7.62. The topological polar surface area (TPSA) is 85.5 Å². The van der Waals surface area contributed by atoms with Crippen molar-refractivity contribution < 1.29 is 13.2 Å². The summed E-state index contributed by atoms with van der Waals surface area (Å²) in [5, 5.41) is 5.68. The van der Waals surface area contributed by atoms with Crippen molar-refractivity contribution in [3.8, 4) is 5.75 Å². The highest BCUT2D eigenvalue weighted by Gasteiger charge is 2.15. The third-order valence-electron chi connectivity index (χ3n) is 2.80. The molecular weight excluding hydrogens is 278 g/mol. The Hall–Kier alpha value is -1.70. The zero-order valence-electron chi connectivity index (χ0n) is 11.4. The maximum Gasteiger partial charge on any atom is 0.238 e. The van der Waals surface area contributed by atoms with Crippen molar-refractivity contribution in [2.24, 2.45) is 5.14 Å². The Balaban J connectivity index is 2.44. The average molecular weight is 295 g/mol. The van der Waals surface area contributed by atoms with Gasteiger partial charge in [-0.1, -0.05) is 0 Å². The molecule has 0 saturated heterocycles. The number of primary sulfonamides is 1. The van der Waals surface area contributed by atoms with E-state index in [2.05, 4.69) is 4.98 Å². The molecule has 2 aromatic rings. The molecule has 0 aliphatic carbocycles. The van der Waals surface area contributed by atoms with E-state index in [0.29, 0.717) is 23.3 Å². The van der Waals surface area contributed by atoms with Gasteiger partial charge in [-0.15, -0.1) is 0 Å². The monoisotopic (exact) mass is 295 g/mol. The fourth-order valence-electron chi connectivity index (χ4n) is 1.82. The summed E-state index contributed by atoms with van der Waals surface area (Å²) in [6.45, 7) is 1.25.